The van der Waals surface area contributed by atoms with E-state index in [9.17, 15) is 0 Å². The van der Waals surface area contributed by atoms with Gasteiger partial charge in [0.1, 0.15) is 0 Å². The number of nitrogens with one attached hydrogen (secondary N) is 1. The van der Waals surface area contributed by atoms with Gasteiger partial charge in [0, 0.05) is 25.0 Å². The molecule has 0 amide bonds. The van der Waals surface area contributed by atoms with Crippen molar-refractivity contribution in [2.75, 3.05) is 0 Å². The molecule has 1 aromatic rings. The van der Waals surface area contributed by atoms with Crippen LogP contribution < -0.4 is 5.32 Å². The van der Waals surface area contributed by atoms with Crippen molar-refractivity contribution in [2.45, 2.75) is 63.4 Å². The molecule has 1 saturated carbocycles. The van der Waals surface area contributed by atoms with E-state index in [0.717, 1.165) is 42.2 Å². The highest BCUT2D eigenvalue weighted by Gasteiger charge is 2.22. The number of aromatic nitrogens is 2. The van der Waals surface area contributed by atoms with Crippen molar-refractivity contribution in [1.82, 2.24) is 15.1 Å². The summed E-state index contributed by atoms with van der Waals surface area (Å²) in [6.45, 7) is 2.82. The number of aryl methyl sites for hydroxylation is 2. The van der Waals surface area contributed by atoms with Crippen LogP contribution in [0.5, 0.6) is 0 Å². The van der Waals surface area contributed by atoms with Crippen molar-refractivity contribution in [3.8, 4) is 0 Å². The summed E-state index contributed by atoms with van der Waals surface area (Å²) in [5.74, 6) is 0. The normalized spacial score (nSPS) is 24.4. The maximum absolute atomic E-state index is 6.45. The first-order valence-electron chi connectivity index (χ1n) is 7.21. The number of hydrogen-bond acceptors (Lipinski definition) is 2. The first-order chi connectivity index (χ1) is 9.13. The fourth-order valence-electron chi connectivity index (χ4n) is 2.73. The maximum Gasteiger partial charge on any atom is 0.0863 e. The molecule has 1 N–H and O–H groups in total. The third-order valence-corrected chi connectivity index (χ3v) is 4.92. The van der Waals surface area contributed by atoms with Crippen molar-refractivity contribution >= 4 is 23.2 Å². The minimum Gasteiger partial charge on any atom is -0.307 e. The summed E-state index contributed by atoms with van der Waals surface area (Å²) < 4.78 is 1.88. The fourth-order valence-corrected chi connectivity index (χ4v) is 3.46. The van der Waals surface area contributed by atoms with Gasteiger partial charge in [-0.05, 0) is 19.3 Å². The molecule has 2 rings (SSSR count). The van der Waals surface area contributed by atoms with Crippen LogP contribution in [-0.4, -0.2) is 21.2 Å². The fraction of sp³-hybridized carbons (Fsp3) is 0.786. The summed E-state index contributed by atoms with van der Waals surface area (Å²) >= 11 is 12.8. The molecule has 5 heteroatoms. The molecule has 2 unspecified atom stereocenters. The summed E-state index contributed by atoms with van der Waals surface area (Å²) in [5.41, 5.74) is 2.04. The highest BCUT2D eigenvalue weighted by molar-refractivity contribution is 6.31. The highest BCUT2D eigenvalue weighted by Crippen LogP contribution is 2.24. The lowest BCUT2D eigenvalue weighted by Gasteiger charge is -2.21. The summed E-state index contributed by atoms with van der Waals surface area (Å²) in [4.78, 5) is 0. The van der Waals surface area contributed by atoms with Gasteiger partial charge >= 0.3 is 0 Å². The van der Waals surface area contributed by atoms with Crippen LogP contribution in [0, 0.1) is 0 Å². The Kier molecular flexibility index (Phi) is 5.55. The third-order valence-electron chi connectivity index (χ3n) is 3.97. The van der Waals surface area contributed by atoms with Crippen LogP contribution in [0.1, 0.15) is 50.4 Å². The lowest BCUT2D eigenvalue weighted by atomic mass is 10.1. The maximum atomic E-state index is 6.45. The molecule has 19 heavy (non-hydrogen) atoms. The molecule has 0 radical (unpaired) electrons. The summed E-state index contributed by atoms with van der Waals surface area (Å²) in [6, 6.07) is 0.389. The van der Waals surface area contributed by atoms with Crippen LogP contribution in [0.15, 0.2) is 0 Å². The first-order valence-corrected chi connectivity index (χ1v) is 8.02. The second kappa shape index (κ2) is 6.96. The van der Waals surface area contributed by atoms with Crippen LogP contribution in [0.25, 0.3) is 0 Å². The highest BCUT2D eigenvalue weighted by atomic mass is 35.5. The van der Waals surface area contributed by atoms with Crippen molar-refractivity contribution < 1.29 is 0 Å². The van der Waals surface area contributed by atoms with E-state index < -0.39 is 0 Å². The van der Waals surface area contributed by atoms with E-state index in [1.165, 1.54) is 19.3 Å². The zero-order chi connectivity index (χ0) is 13.8. The Morgan fingerprint density at radius 3 is 2.74 bits per heavy atom. The van der Waals surface area contributed by atoms with Crippen LogP contribution in [0.4, 0.5) is 0 Å². The molecule has 1 aliphatic carbocycles. The number of halogens is 2. The molecule has 0 bridgehead atoms. The second-order valence-corrected chi connectivity index (χ2v) is 6.26. The Labute approximate surface area is 125 Å². The Bertz CT molecular complexity index is 417. The van der Waals surface area contributed by atoms with Gasteiger partial charge in [-0.2, -0.15) is 5.10 Å². The molecule has 0 aliphatic heterocycles. The monoisotopic (exact) mass is 303 g/mol. The standard InChI is InChI=1S/C14H23Cl2N3/c1-3-11-14(16)13(19(2)18-11)9-17-12-8-6-4-5-7-10(12)15/h10,12,17H,3-9H2,1-2H3. The molecule has 0 spiro atoms. The van der Waals surface area contributed by atoms with E-state index in [2.05, 4.69) is 17.3 Å². The molecule has 0 aromatic carbocycles. The minimum atomic E-state index is 0.236. The number of nitrogens with zero attached hydrogens (tertiary/aromatic N) is 2. The van der Waals surface area contributed by atoms with Crippen molar-refractivity contribution in [2.24, 2.45) is 7.05 Å². The molecular formula is C14H23Cl2N3. The van der Waals surface area contributed by atoms with E-state index in [0.29, 0.717) is 6.04 Å². The summed E-state index contributed by atoms with van der Waals surface area (Å²) in [5, 5.41) is 9.05. The van der Waals surface area contributed by atoms with Gasteiger partial charge in [-0.1, -0.05) is 37.8 Å². The van der Waals surface area contributed by atoms with Gasteiger partial charge in [-0.15, -0.1) is 11.6 Å². The van der Waals surface area contributed by atoms with E-state index in [-0.39, 0.29) is 5.38 Å². The molecule has 1 aliphatic rings. The number of alkyl halides is 1. The smallest absolute Gasteiger partial charge is 0.0863 e. The molecule has 2 atom stereocenters. The molecule has 1 aromatic heterocycles. The van der Waals surface area contributed by atoms with Gasteiger partial charge < -0.3 is 5.32 Å². The van der Waals surface area contributed by atoms with Gasteiger partial charge in [0.25, 0.3) is 0 Å². The predicted octanol–water partition coefficient (Wildman–Crippen LogP) is 3.67. The average Bonchev–Trinajstić information content (AvgIpc) is 2.55. The third kappa shape index (κ3) is 3.65. The first kappa shape index (κ1) is 15.1. The Balaban J connectivity index is 1.99. The molecule has 1 heterocycles. The Morgan fingerprint density at radius 1 is 1.32 bits per heavy atom. The largest absolute Gasteiger partial charge is 0.307 e. The van der Waals surface area contributed by atoms with Crippen LogP contribution in [0.3, 0.4) is 0 Å². The predicted molar refractivity (Wildman–Crippen MR) is 80.9 cm³/mol. The van der Waals surface area contributed by atoms with E-state index in [1.54, 1.807) is 0 Å². The molecule has 1 fully saturated rings. The van der Waals surface area contributed by atoms with Gasteiger partial charge in [-0.25, -0.2) is 0 Å². The van der Waals surface area contributed by atoms with E-state index in [1.807, 2.05) is 11.7 Å². The lowest BCUT2D eigenvalue weighted by Crippen LogP contribution is -2.36. The minimum absolute atomic E-state index is 0.236. The van der Waals surface area contributed by atoms with Crippen LogP contribution in [0.2, 0.25) is 5.02 Å². The van der Waals surface area contributed by atoms with Crippen LogP contribution >= 0.6 is 23.2 Å². The zero-order valence-electron chi connectivity index (χ0n) is 11.8. The summed E-state index contributed by atoms with van der Waals surface area (Å²) in [7, 11) is 1.95. The molecular weight excluding hydrogens is 281 g/mol. The van der Waals surface area contributed by atoms with E-state index in [4.69, 9.17) is 23.2 Å². The summed E-state index contributed by atoms with van der Waals surface area (Å²) in [6.07, 6.45) is 6.95. The van der Waals surface area contributed by atoms with Gasteiger partial charge in [-0.3, -0.25) is 4.68 Å². The SMILES string of the molecule is CCc1nn(C)c(CNC2CCCCCC2Cl)c1Cl. The Morgan fingerprint density at radius 2 is 2.05 bits per heavy atom. The topological polar surface area (TPSA) is 29.9 Å². The number of rotatable bonds is 4. The molecule has 3 nitrogen and oxygen atoms in total. The number of hydrogen-bond donors (Lipinski definition) is 1. The van der Waals surface area contributed by atoms with Crippen molar-refractivity contribution in [3.63, 3.8) is 0 Å². The second-order valence-electron chi connectivity index (χ2n) is 5.33. The lowest BCUT2D eigenvalue weighted by molar-refractivity contribution is 0.455. The quantitative estimate of drug-likeness (QED) is 0.679. The average molecular weight is 304 g/mol. The van der Waals surface area contributed by atoms with Crippen LogP contribution in [-0.2, 0) is 20.0 Å². The Hall–Kier alpha value is -0.250. The van der Waals surface area contributed by atoms with E-state index >= 15 is 0 Å². The van der Waals surface area contributed by atoms with Gasteiger partial charge in [0.2, 0.25) is 0 Å². The van der Waals surface area contributed by atoms with Gasteiger partial charge in [0.05, 0.1) is 16.4 Å². The molecule has 108 valence electrons. The zero-order valence-corrected chi connectivity index (χ0v) is 13.3. The van der Waals surface area contributed by atoms with Gasteiger partial charge in [0.15, 0.2) is 0 Å². The van der Waals surface area contributed by atoms with Crippen molar-refractivity contribution in [3.05, 3.63) is 16.4 Å². The van der Waals surface area contributed by atoms with Crippen molar-refractivity contribution in [1.29, 1.82) is 0 Å². The molecule has 0 saturated heterocycles.